The van der Waals surface area contributed by atoms with E-state index < -0.39 is 17.7 Å². The maximum absolute atomic E-state index is 12.0. The standard InChI is InChI=1S/C19H16N4O4/c1-19(2)26-17(24)12(18(25)27-19)10-21-11-6-7-13-15(9-11)23-16(22-13)14-5-3-4-8-20-14/h3-10,21H,1-2H3,(H,22,23). The molecule has 1 aliphatic heterocycles. The molecule has 8 heteroatoms. The molecule has 1 saturated heterocycles. The summed E-state index contributed by atoms with van der Waals surface area (Å²) in [5.41, 5.74) is 2.76. The Kier molecular flexibility index (Phi) is 3.88. The van der Waals surface area contributed by atoms with E-state index in [1.807, 2.05) is 30.3 Å². The van der Waals surface area contributed by atoms with Crippen LogP contribution in [0.1, 0.15) is 13.8 Å². The number of esters is 2. The molecule has 136 valence electrons. The number of cyclic esters (lactones) is 2. The molecule has 0 amide bonds. The summed E-state index contributed by atoms with van der Waals surface area (Å²) < 4.78 is 10.1. The van der Waals surface area contributed by atoms with Crippen LogP contribution in [-0.2, 0) is 19.1 Å². The van der Waals surface area contributed by atoms with Crippen molar-refractivity contribution in [2.45, 2.75) is 19.6 Å². The highest BCUT2D eigenvalue weighted by Crippen LogP contribution is 2.24. The second kappa shape index (κ2) is 6.24. The number of hydrogen-bond donors (Lipinski definition) is 2. The van der Waals surface area contributed by atoms with Crippen molar-refractivity contribution in [3.8, 4) is 11.5 Å². The average Bonchev–Trinajstić information content (AvgIpc) is 3.04. The Morgan fingerprint density at radius 3 is 2.59 bits per heavy atom. The highest BCUT2D eigenvalue weighted by Gasteiger charge is 2.38. The van der Waals surface area contributed by atoms with Gasteiger partial charge in [-0.1, -0.05) is 6.07 Å². The van der Waals surface area contributed by atoms with E-state index in [1.54, 1.807) is 12.3 Å². The lowest BCUT2D eigenvalue weighted by Gasteiger charge is -2.29. The van der Waals surface area contributed by atoms with Crippen molar-refractivity contribution in [3.05, 3.63) is 54.4 Å². The van der Waals surface area contributed by atoms with Gasteiger partial charge in [0, 0.05) is 31.9 Å². The molecule has 0 aliphatic carbocycles. The van der Waals surface area contributed by atoms with Gasteiger partial charge >= 0.3 is 11.9 Å². The first-order valence-electron chi connectivity index (χ1n) is 8.26. The Balaban J connectivity index is 1.58. The monoisotopic (exact) mass is 364 g/mol. The van der Waals surface area contributed by atoms with E-state index >= 15 is 0 Å². The van der Waals surface area contributed by atoms with Gasteiger partial charge in [-0.25, -0.2) is 14.6 Å². The Hall–Kier alpha value is -3.68. The summed E-state index contributed by atoms with van der Waals surface area (Å²) in [5.74, 6) is -2.07. The summed E-state index contributed by atoms with van der Waals surface area (Å²) >= 11 is 0. The maximum Gasteiger partial charge on any atom is 0.350 e. The van der Waals surface area contributed by atoms with Gasteiger partial charge in [0.2, 0.25) is 0 Å². The average molecular weight is 364 g/mol. The van der Waals surface area contributed by atoms with Crippen LogP contribution in [0, 0.1) is 0 Å². The lowest BCUT2D eigenvalue weighted by Crippen LogP contribution is -2.42. The van der Waals surface area contributed by atoms with Gasteiger partial charge < -0.3 is 19.8 Å². The van der Waals surface area contributed by atoms with Crippen molar-refractivity contribution in [2.75, 3.05) is 5.32 Å². The van der Waals surface area contributed by atoms with Crippen LogP contribution < -0.4 is 5.32 Å². The number of ether oxygens (including phenoxy) is 2. The summed E-state index contributed by atoms with van der Waals surface area (Å²) in [7, 11) is 0. The van der Waals surface area contributed by atoms with E-state index in [9.17, 15) is 9.59 Å². The maximum atomic E-state index is 12.0. The lowest BCUT2D eigenvalue weighted by molar-refractivity contribution is -0.222. The zero-order valence-electron chi connectivity index (χ0n) is 14.6. The molecule has 3 aromatic rings. The van der Waals surface area contributed by atoms with Crippen molar-refractivity contribution >= 4 is 28.7 Å². The molecule has 0 spiro atoms. The molecule has 1 aromatic carbocycles. The quantitative estimate of drug-likeness (QED) is 0.418. The van der Waals surface area contributed by atoms with Gasteiger partial charge in [-0.05, 0) is 30.3 Å². The van der Waals surface area contributed by atoms with Crippen molar-refractivity contribution in [2.24, 2.45) is 0 Å². The molecule has 0 radical (unpaired) electrons. The number of H-pyrrole nitrogens is 1. The molecule has 4 rings (SSSR count). The summed E-state index contributed by atoms with van der Waals surface area (Å²) in [6, 6.07) is 11.0. The normalized spacial score (nSPS) is 16.0. The number of fused-ring (bicyclic) bond motifs is 1. The summed E-state index contributed by atoms with van der Waals surface area (Å²) in [4.78, 5) is 35.9. The first-order valence-corrected chi connectivity index (χ1v) is 8.26. The Labute approximate surface area is 154 Å². The fourth-order valence-corrected chi connectivity index (χ4v) is 2.66. The molecule has 27 heavy (non-hydrogen) atoms. The largest absolute Gasteiger partial charge is 0.419 e. The number of carbonyl (C=O) groups excluding carboxylic acids is 2. The first-order chi connectivity index (χ1) is 12.9. The molecule has 0 atom stereocenters. The van der Waals surface area contributed by atoms with Crippen LogP contribution in [0.25, 0.3) is 22.6 Å². The summed E-state index contributed by atoms with van der Waals surface area (Å²) in [6.45, 7) is 3.00. The van der Waals surface area contributed by atoms with Crippen LogP contribution in [0.3, 0.4) is 0 Å². The van der Waals surface area contributed by atoms with Gasteiger partial charge in [0.1, 0.15) is 5.69 Å². The highest BCUT2D eigenvalue weighted by atomic mass is 16.7. The van der Waals surface area contributed by atoms with E-state index in [4.69, 9.17) is 9.47 Å². The Bertz CT molecular complexity index is 1050. The Morgan fingerprint density at radius 2 is 1.89 bits per heavy atom. The van der Waals surface area contributed by atoms with Gasteiger partial charge in [0.25, 0.3) is 5.79 Å². The molecule has 0 bridgehead atoms. The number of aromatic nitrogens is 3. The third-order valence-corrected chi connectivity index (χ3v) is 3.89. The molecule has 3 heterocycles. The molecule has 2 aromatic heterocycles. The van der Waals surface area contributed by atoms with E-state index in [1.165, 1.54) is 20.0 Å². The molecule has 0 saturated carbocycles. The van der Waals surface area contributed by atoms with Crippen LogP contribution in [0.4, 0.5) is 5.69 Å². The number of hydrogen-bond acceptors (Lipinski definition) is 7. The molecule has 1 fully saturated rings. The van der Waals surface area contributed by atoms with Crippen LogP contribution in [0.2, 0.25) is 0 Å². The lowest BCUT2D eigenvalue weighted by atomic mass is 10.2. The fraction of sp³-hybridized carbons (Fsp3) is 0.158. The number of carbonyl (C=O) groups is 2. The van der Waals surface area contributed by atoms with Crippen molar-refractivity contribution in [1.29, 1.82) is 0 Å². The zero-order chi connectivity index (χ0) is 19.0. The third-order valence-electron chi connectivity index (χ3n) is 3.89. The zero-order valence-corrected chi connectivity index (χ0v) is 14.6. The number of benzene rings is 1. The molecule has 8 nitrogen and oxygen atoms in total. The minimum absolute atomic E-state index is 0.201. The van der Waals surface area contributed by atoms with Gasteiger partial charge in [-0.3, -0.25) is 4.98 Å². The summed E-state index contributed by atoms with van der Waals surface area (Å²) in [5, 5.41) is 2.92. The van der Waals surface area contributed by atoms with Gasteiger partial charge in [-0.15, -0.1) is 0 Å². The second-order valence-corrected chi connectivity index (χ2v) is 6.41. The first kappa shape index (κ1) is 16.8. The third kappa shape index (κ3) is 3.37. The molecule has 0 unspecified atom stereocenters. The Morgan fingerprint density at radius 1 is 1.11 bits per heavy atom. The second-order valence-electron chi connectivity index (χ2n) is 6.41. The van der Waals surface area contributed by atoms with Crippen molar-refractivity contribution in [1.82, 2.24) is 15.0 Å². The van der Waals surface area contributed by atoms with Gasteiger partial charge in [0.05, 0.1) is 11.0 Å². The molecule has 1 aliphatic rings. The van der Waals surface area contributed by atoms with Gasteiger partial charge in [0.15, 0.2) is 11.4 Å². The van der Waals surface area contributed by atoms with Crippen LogP contribution >= 0.6 is 0 Å². The minimum atomic E-state index is -1.26. The van der Waals surface area contributed by atoms with Gasteiger partial charge in [-0.2, -0.15) is 0 Å². The van der Waals surface area contributed by atoms with Crippen LogP contribution in [-0.4, -0.2) is 32.7 Å². The van der Waals surface area contributed by atoms with E-state index in [-0.39, 0.29) is 5.57 Å². The van der Waals surface area contributed by atoms with Crippen molar-refractivity contribution in [3.63, 3.8) is 0 Å². The number of anilines is 1. The number of nitrogens with one attached hydrogen (secondary N) is 2. The fourth-order valence-electron chi connectivity index (χ4n) is 2.66. The van der Waals surface area contributed by atoms with Crippen LogP contribution in [0.5, 0.6) is 0 Å². The minimum Gasteiger partial charge on any atom is -0.419 e. The number of pyridine rings is 1. The number of imidazole rings is 1. The number of nitrogens with zero attached hydrogens (tertiary/aromatic N) is 2. The smallest absolute Gasteiger partial charge is 0.350 e. The predicted molar refractivity (Wildman–Crippen MR) is 97.3 cm³/mol. The molecule has 2 N–H and O–H groups in total. The predicted octanol–water partition coefficient (Wildman–Crippen LogP) is 2.76. The molecular formula is C19H16N4O4. The topological polar surface area (TPSA) is 106 Å². The van der Waals surface area contributed by atoms with E-state index in [0.29, 0.717) is 11.5 Å². The van der Waals surface area contributed by atoms with Crippen molar-refractivity contribution < 1.29 is 19.1 Å². The van der Waals surface area contributed by atoms with E-state index in [2.05, 4.69) is 20.3 Å². The summed E-state index contributed by atoms with van der Waals surface area (Å²) in [6.07, 6.45) is 2.97. The van der Waals surface area contributed by atoms with Crippen LogP contribution in [0.15, 0.2) is 54.4 Å². The molecular weight excluding hydrogens is 348 g/mol. The SMILES string of the molecule is CC1(C)OC(=O)C(=CNc2ccc3nc(-c4ccccn4)[nH]c3c2)C(=O)O1. The number of aromatic amines is 1. The highest BCUT2D eigenvalue weighted by molar-refractivity contribution is 6.15. The van der Waals surface area contributed by atoms with E-state index in [0.717, 1.165) is 16.7 Å². The number of rotatable bonds is 3.